The van der Waals surface area contributed by atoms with Gasteiger partial charge in [0.15, 0.2) is 11.0 Å². The van der Waals surface area contributed by atoms with Gasteiger partial charge in [-0.1, -0.05) is 53.2 Å². The number of aryl methyl sites for hydroxylation is 1. The quantitative estimate of drug-likeness (QED) is 0.565. The van der Waals surface area contributed by atoms with Crippen molar-refractivity contribution in [3.05, 3.63) is 59.1 Å². The number of carbonyl (C=O) groups is 2. The second kappa shape index (κ2) is 8.89. The topological polar surface area (TPSA) is 88.9 Å². The Morgan fingerprint density at radius 3 is 2.47 bits per heavy atom. The molecule has 0 aliphatic heterocycles. The number of halogens is 1. The minimum atomic E-state index is -0.456. The molecule has 3 aromatic rings. The van der Waals surface area contributed by atoms with Gasteiger partial charge in [-0.15, -0.1) is 10.2 Å². The number of carbonyl (C=O) groups excluding carboxylic acids is 2. The summed E-state index contributed by atoms with van der Waals surface area (Å²) in [7, 11) is 0. The Hall–Kier alpha value is -2.84. The van der Waals surface area contributed by atoms with Gasteiger partial charge in [-0.3, -0.25) is 14.7 Å². The lowest BCUT2D eigenvalue weighted by Crippen LogP contribution is -2.41. The third-order valence-electron chi connectivity index (χ3n) is 4.53. The predicted molar refractivity (Wildman–Crippen MR) is 117 cm³/mol. The summed E-state index contributed by atoms with van der Waals surface area (Å²) in [4.78, 5) is 23.9. The summed E-state index contributed by atoms with van der Waals surface area (Å²) in [5.74, 6) is 0.310. The fourth-order valence-corrected chi connectivity index (χ4v) is 3.70. The molecule has 1 heterocycles. The molecule has 0 bridgehead atoms. The highest BCUT2D eigenvalue weighted by Crippen LogP contribution is 2.28. The van der Waals surface area contributed by atoms with Crippen LogP contribution in [-0.2, 0) is 4.79 Å². The summed E-state index contributed by atoms with van der Waals surface area (Å²) in [5, 5.41) is 14.9. The van der Waals surface area contributed by atoms with Crippen molar-refractivity contribution in [1.82, 2.24) is 25.4 Å². The highest BCUT2D eigenvalue weighted by Gasteiger charge is 2.24. The van der Waals surface area contributed by atoms with Crippen LogP contribution >= 0.6 is 23.4 Å². The molecule has 3 amide bonds. The zero-order valence-electron chi connectivity index (χ0n) is 16.3. The summed E-state index contributed by atoms with van der Waals surface area (Å²) >= 11 is 7.26. The average molecular weight is 442 g/mol. The maximum Gasteiger partial charge on any atom is 0.321 e. The first-order valence-corrected chi connectivity index (χ1v) is 10.9. The highest BCUT2D eigenvalue weighted by molar-refractivity contribution is 7.99. The van der Waals surface area contributed by atoms with E-state index in [0.29, 0.717) is 16.0 Å². The lowest BCUT2D eigenvalue weighted by Gasteiger charge is -2.11. The summed E-state index contributed by atoms with van der Waals surface area (Å²) in [6.45, 7) is 2.02. The van der Waals surface area contributed by atoms with Crippen LogP contribution in [0.3, 0.4) is 0 Å². The normalized spacial score (nSPS) is 13.1. The molecular weight excluding hydrogens is 422 g/mol. The second-order valence-corrected chi connectivity index (χ2v) is 8.45. The fraction of sp³-hybridized carbons (Fsp3) is 0.238. The van der Waals surface area contributed by atoms with Crippen molar-refractivity contribution in [3.63, 3.8) is 0 Å². The summed E-state index contributed by atoms with van der Waals surface area (Å²) < 4.78 is 1.88. The maximum atomic E-state index is 12.2. The molecule has 9 heteroatoms. The van der Waals surface area contributed by atoms with E-state index in [0.717, 1.165) is 29.7 Å². The van der Waals surface area contributed by atoms with Gasteiger partial charge in [0.25, 0.3) is 0 Å². The van der Waals surface area contributed by atoms with E-state index in [-0.39, 0.29) is 17.7 Å². The van der Waals surface area contributed by atoms with Crippen molar-refractivity contribution in [2.75, 3.05) is 5.75 Å². The lowest BCUT2D eigenvalue weighted by atomic mass is 10.1. The molecular formula is C21H20ClN5O2S. The molecule has 0 atom stereocenters. The van der Waals surface area contributed by atoms with Crippen LogP contribution in [0.15, 0.2) is 53.7 Å². The Balaban J connectivity index is 1.56. The van der Waals surface area contributed by atoms with Crippen LogP contribution in [0.5, 0.6) is 0 Å². The molecule has 4 rings (SSSR count). The molecule has 1 aliphatic carbocycles. The number of nitrogens with one attached hydrogen (secondary N) is 2. The number of amides is 3. The van der Waals surface area contributed by atoms with Crippen molar-refractivity contribution in [2.24, 2.45) is 0 Å². The van der Waals surface area contributed by atoms with Gasteiger partial charge in [0.05, 0.1) is 5.75 Å². The van der Waals surface area contributed by atoms with Gasteiger partial charge in [-0.05, 0) is 44.0 Å². The molecule has 0 unspecified atom stereocenters. The average Bonchev–Trinajstić information content (AvgIpc) is 3.43. The Morgan fingerprint density at radius 1 is 1.10 bits per heavy atom. The van der Waals surface area contributed by atoms with E-state index in [1.807, 2.05) is 47.9 Å². The predicted octanol–water partition coefficient (Wildman–Crippen LogP) is 3.98. The third kappa shape index (κ3) is 5.01. The van der Waals surface area contributed by atoms with E-state index < -0.39 is 6.03 Å². The molecule has 0 spiro atoms. The van der Waals surface area contributed by atoms with E-state index in [4.69, 9.17) is 11.6 Å². The van der Waals surface area contributed by atoms with Crippen LogP contribution < -0.4 is 10.6 Å². The Labute approximate surface area is 183 Å². The number of hydrogen-bond donors (Lipinski definition) is 2. The number of benzene rings is 2. The smallest absolute Gasteiger partial charge is 0.321 e. The van der Waals surface area contributed by atoms with E-state index in [9.17, 15) is 9.59 Å². The Kier molecular flexibility index (Phi) is 6.06. The molecule has 30 heavy (non-hydrogen) atoms. The van der Waals surface area contributed by atoms with Crippen LogP contribution in [0.4, 0.5) is 4.79 Å². The molecule has 1 saturated carbocycles. The fourth-order valence-electron chi connectivity index (χ4n) is 2.82. The van der Waals surface area contributed by atoms with Crippen molar-refractivity contribution in [3.8, 4) is 17.1 Å². The molecule has 1 fully saturated rings. The molecule has 1 aromatic heterocycles. The minimum Gasteiger partial charge on any atom is -0.335 e. The van der Waals surface area contributed by atoms with Crippen LogP contribution in [0.25, 0.3) is 17.1 Å². The number of imide groups is 1. The summed E-state index contributed by atoms with van der Waals surface area (Å²) in [6, 6.07) is 15.0. The number of aromatic nitrogens is 3. The Morgan fingerprint density at radius 2 is 1.80 bits per heavy atom. The zero-order chi connectivity index (χ0) is 21.1. The second-order valence-electron chi connectivity index (χ2n) is 7.07. The van der Waals surface area contributed by atoms with Crippen LogP contribution in [-0.4, -0.2) is 38.5 Å². The van der Waals surface area contributed by atoms with Gasteiger partial charge in [-0.25, -0.2) is 4.79 Å². The summed E-state index contributed by atoms with van der Waals surface area (Å²) in [6.07, 6.45) is 1.92. The van der Waals surface area contributed by atoms with E-state index in [2.05, 4.69) is 20.8 Å². The van der Waals surface area contributed by atoms with E-state index in [1.165, 1.54) is 11.8 Å². The zero-order valence-corrected chi connectivity index (χ0v) is 17.8. The van der Waals surface area contributed by atoms with Crippen LogP contribution in [0.1, 0.15) is 18.4 Å². The van der Waals surface area contributed by atoms with E-state index >= 15 is 0 Å². The van der Waals surface area contributed by atoms with Crippen molar-refractivity contribution in [2.45, 2.75) is 31.0 Å². The number of rotatable bonds is 6. The molecule has 2 N–H and O–H groups in total. The summed E-state index contributed by atoms with van der Waals surface area (Å²) in [5.41, 5.74) is 2.88. The van der Waals surface area contributed by atoms with Gasteiger partial charge < -0.3 is 5.32 Å². The van der Waals surface area contributed by atoms with Crippen LogP contribution in [0, 0.1) is 6.92 Å². The van der Waals surface area contributed by atoms with E-state index in [1.54, 1.807) is 12.1 Å². The first kappa shape index (κ1) is 20.4. The van der Waals surface area contributed by atoms with Gasteiger partial charge in [0, 0.05) is 22.3 Å². The lowest BCUT2D eigenvalue weighted by molar-refractivity contribution is -0.117. The van der Waals surface area contributed by atoms with Crippen molar-refractivity contribution in [1.29, 1.82) is 0 Å². The van der Waals surface area contributed by atoms with Gasteiger partial charge in [0.2, 0.25) is 5.91 Å². The molecule has 0 radical (unpaired) electrons. The first-order valence-electron chi connectivity index (χ1n) is 9.51. The Bertz CT molecular complexity index is 1060. The molecule has 1 aliphatic rings. The molecule has 154 valence electrons. The molecule has 2 aromatic carbocycles. The van der Waals surface area contributed by atoms with Crippen molar-refractivity contribution >= 4 is 35.3 Å². The number of nitrogens with zero attached hydrogens (tertiary/aromatic N) is 3. The van der Waals surface area contributed by atoms with Gasteiger partial charge >= 0.3 is 6.03 Å². The minimum absolute atomic E-state index is 0.0394. The molecule has 7 nitrogen and oxygen atoms in total. The first-order chi connectivity index (χ1) is 14.5. The van der Waals surface area contributed by atoms with Gasteiger partial charge in [-0.2, -0.15) is 0 Å². The monoisotopic (exact) mass is 441 g/mol. The maximum absolute atomic E-state index is 12.2. The van der Waals surface area contributed by atoms with Crippen molar-refractivity contribution < 1.29 is 9.59 Å². The number of hydrogen-bond acceptors (Lipinski definition) is 5. The number of urea groups is 1. The number of thioether (sulfide) groups is 1. The third-order valence-corrected chi connectivity index (χ3v) is 5.71. The molecule has 0 saturated heterocycles. The highest BCUT2D eigenvalue weighted by atomic mass is 35.5. The standard InChI is InChI=1S/C21H20ClN5O2S/c1-13-2-4-14(5-3-13)19-25-26-21(27(19)17-10-6-15(22)7-11-17)30-12-18(28)24-20(29)23-16-8-9-16/h2-7,10-11,16H,8-9,12H2,1H3,(H2,23,24,28,29). The van der Waals surface area contributed by atoms with Gasteiger partial charge in [0.1, 0.15) is 0 Å². The largest absolute Gasteiger partial charge is 0.335 e. The van der Waals surface area contributed by atoms with Crippen LogP contribution in [0.2, 0.25) is 5.02 Å². The SMILES string of the molecule is Cc1ccc(-c2nnc(SCC(=O)NC(=O)NC3CC3)n2-c2ccc(Cl)cc2)cc1.